The summed E-state index contributed by atoms with van der Waals surface area (Å²) in [5, 5.41) is 7.07. The molecule has 2 amide bonds. The molecule has 0 heterocycles. The van der Waals surface area contributed by atoms with Gasteiger partial charge in [0.25, 0.3) is 5.91 Å². The van der Waals surface area contributed by atoms with E-state index in [2.05, 4.69) is 15.8 Å². The number of nitrogens with zero attached hydrogens (tertiary/aromatic N) is 1. The fourth-order valence-electron chi connectivity index (χ4n) is 2.47. The molecule has 5 nitrogen and oxygen atoms in total. The maximum absolute atomic E-state index is 12.2. The Bertz CT molecular complexity index is 821. The number of nitrogens with one attached hydrogen (secondary N) is 2. The summed E-state index contributed by atoms with van der Waals surface area (Å²) < 4.78 is 0. The molecule has 0 spiro atoms. The second-order valence-electron chi connectivity index (χ2n) is 6.29. The molecule has 128 valence electrons. The molecule has 0 saturated heterocycles. The second-order valence-corrected chi connectivity index (χ2v) is 6.29. The predicted molar refractivity (Wildman–Crippen MR) is 98.7 cm³/mol. The summed E-state index contributed by atoms with van der Waals surface area (Å²) in [6, 6.07) is 14.8. The van der Waals surface area contributed by atoms with Crippen LogP contribution in [0.1, 0.15) is 41.3 Å². The Morgan fingerprint density at radius 2 is 1.72 bits per heavy atom. The lowest BCUT2D eigenvalue weighted by molar-refractivity contribution is -0.117. The molecule has 0 unspecified atom stereocenters. The molecule has 1 saturated carbocycles. The Labute approximate surface area is 147 Å². The van der Waals surface area contributed by atoms with Crippen LogP contribution in [0.2, 0.25) is 0 Å². The summed E-state index contributed by atoms with van der Waals surface area (Å²) in [5.41, 5.74) is 6.46. The number of carbonyl (C=O) groups is 2. The topological polar surface area (TPSA) is 70.6 Å². The molecule has 0 bridgehead atoms. The number of hydrogen-bond donors (Lipinski definition) is 2. The van der Waals surface area contributed by atoms with Gasteiger partial charge in [-0.2, -0.15) is 5.10 Å². The maximum Gasteiger partial charge on any atom is 0.271 e. The summed E-state index contributed by atoms with van der Waals surface area (Å²) in [4.78, 5) is 23.9. The molecule has 1 fully saturated rings. The van der Waals surface area contributed by atoms with Gasteiger partial charge in [-0.25, -0.2) is 5.43 Å². The lowest BCUT2D eigenvalue weighted by atomic mass is 10.1. The third kappa shape index (κ3) is 4.32. The van der Waals surface area contributed by atoms with Crippen LogP contribution in [0.4, 0.5) is 5.69 Å². The van der Waals surface area contributed by atoms with Crippen LogP contribution in [0.25, 0.3) is 0 Å². The minimum absolute atomic E-state index is 0.0867. The number of hydrazone groups is 1. The van der Waals surface area contributed by atoms with Gasteiger partial charge in [-0.1, -0.05) is 30.3 Å². The number of hydrogen-bond acceptors (Lipinski definition) is 3. The summed E-state index contributed by atoms with van der Waals surface area (Å²) >= 11 is 0. The van der Waals surface area contributed by atoms with E-state index in [9.17, 15) is 9.59 Å². The average molecular weight is 335 g/mol. The highest BCUT2D eigenvalue weighted by Crippen LogP contribution is 2.30. The van der Waals surface area contributed by atoms with Gasteiger partial charge < -0.3 is 5.32 Å². The van der Waals surface area contributed by atoms with Crippen molar-refractivity contribution in [2.24, 2.45) is 11.0 Å². The zero-order valence-corrected chi connectivity index (χ0v) is 14.4. The third-order valence-electron chi connectivity index (χ3n) is 4.23. The number of carbonyl (C=O) groups excluding carboxylic acids is 2. The Morgan fingerprint density at radius 1 is 1.04 bits per heavy atom. The molecule has 5 heteroatoms. The molecular weight excluding hydrogens is 314 g/mol. The van der Waals surface area contributed by atoms with Crippen molar-refractivity contribution in [1.29, 1.82) is 0 Å². The van der Waals surface area contributed by atoms with Gasteiger partial charge in [0.2, 0.25) is 5.91 Å². The van der Waals surface area contributed by atoms with E-state index >= 15 is 0 Å². The Kier molecular flexibility index (Phi) is 4.93. The first-order valence-corrected chi connectivity index (χ1v) is 8.36. The maximum atomic E-state index is 12.2. The van der Waals surface area contributed by atoms with Crippen LogP contribution < -0.4 is 10.7 Å². The number of benzene rings is 2. The van der Waals surface area contributed by atoms with Crippen molar-refractivity contribution >= 4 is 23.2 Å². The quantitative estimate of drug-likeness (QED) is 0.648. The van der Waals surface area contributed by atoms with Gasteiger partial charge in [-0.15, -0.1) is 0 Å². The van der Waals surface area contributed by atoms with E-state index in [1.807, 2.05) is 56.3 Å². The van der Waals surface area contributed by atoms with E-state index < -0.39 is 0 Å². The first-order chi connectivity index (χ1) is 12.0. The standard InChI is InChI=1S/C20H21N3O2/c1-13-5-3-4-6-18(13)20(25)23-22-14(2)15-9-11-17(12-10-15)21-19(24)16-7-8-16/h3-6,9-12,16H,7-8H2,1-2H3,(H,21,24)(H,23,25)/b22-14+. The molecule has 2 N–H and O–H groups in total. The predicted octanol–water partition coefficient (Wildman–Crippen LogP) is 3.50. The number of aryl methyl sites for hydroxylation is 1. The number of anilines is 1. The highest BCUT2D eigenvalue weighted by atomic mass is 16.2. The van der Waals surface area contributed by atoms with Crippen LogP contribution in [-0.2, 0) is 4.79 Å². The lowest BCUT2D eigenvalue weighted by Crippen LogP contribution is -2.20. The number of rotatable bonds is 5. The van der Waals surface area contributed by atoms with E-state index in [0.29, 0.717) is 11.3 Å². The summed E-state index contributed by atoms with van der Waals surface area (Å²) in [7, 11) is 0. The molecular formula is C20H21N3O2. The van der Waals surface area contributed by atoms with E-state index in [4.69, 9.17) is 0 Å². The Hall–Kier alpha value is -2.95. The van der Waals surface area contributed by atoms with Crippen LogP contribution >= 0.6 is 0 Å². The molecule has 2 aromatic carbocycles. The largest absolute Gasteiger partial charge is 0.326 e. The fourth-order valence-corrected chi connectivity index (χ4v) is 2.47. The third-order valence-corrected chi connectivity index (χ3v) is 4.23. The normalized spacial score (nSPS) is 14.1. The molecule has 0 atom stereocenters. The monoisotopic (exact) mass is 335 g/mol. The Morgan fingerprint density at radius 3 is 2.36 bits per heavy atom. The second kappa shape index (κ2) is 7.30. The zero-order chi connectivity index (χ0) is 17.8. The van der Waals surface area contributed by atoms with Crippen LogP contribution in [0, 0.1) is 12.8 Å². The van der Waals surface area contributed by atoms with Gasteiger partial charge in [0.05, 0.1) is 5.71 Å². The molecule has 0 aliphatic heterocycles. The highest BCUT2D eigenvalue weighted by molar-refractivity contribution is 6.01. The van der Waals surface area contributed by atoms with Crippen molar-refractivity contribution in [3.8, 4) is 0 Å². The molecule has 3 rings (SSSR count). The molecule has 1 aliphatic carbocycles. The average Bonchev–Trinajstić information content (AvgIpc) is 3.45. The van der Waals surface area contributed by atoms with Crippen molar-refractivity contribution in [3.05, 3.63) is 65.2 Å². The van der Waals surface area contributed by atoms with Crippen molar-refractivity contribution in [2.75, 3.05) is 5.32 Å². The van der Waals surface area contributed by atoms with Gasteiger partial charge in [0, 0.05) is 17.2 Å². The van der Waals surface area contributed by atoms with Gasteiger partial charge >= 0.3 is 0 Å². The molecule has 0 aromatic heterocycles. The zero-order valence-electron chi connectivity index (χ0n) is 14.4. The van der Waals surface area contributed by atoms with Crippen LogP contribution in [0.15, 0.2) is 53.6 Å². The van der Waals surface area contributed by atoms with Crippen molar-refractivity contribution in [2.45, 2.75) is 26.7 Å². The van der Waals surface area contributed by atoms with Crippen molar-refractivity contribution in [1.82, 2.24) is 5.43 Å². The SMILES string of the molecule is C/C(=N\NC(=O)c1ccccc1C)c1ccc(NC(=O)C2CC2)cc1. The lowest BCUT2D eigenvalue weighted by Gasteiger charge is -2.07. The smallest absolute Gasteiger partial charge is 0.271 e. The molecule has 0 radical (unpaired) electrons. The van der Waals surface area contributed by atoms with Crippen LogP contribution in [0.5, 0.6) is 0 Å². The van der Waals surface area contributed by atoms with Crippen molar-refractivity contribution < 1.29 is 9.59 Å². The fraction of sp³-hybridized carbons (Fsp3) is 0.250. The Balaban J connectivity index is 1.62. The van der Waals surface area contributed by atoms with E-state index in [1.165, 1.54) is 0 Å². The summed E-state index contributed by atoms with van der Waals surface area (Å²) in [5.74, 6) is 0.0361. The van der Waals surface area contributed by atoms with Crippen molar-refractivity contribution in [3.63, 3.8) is 0 Å². The first kappa shape index (κ1) is 16.9. The highest BCUT2D eigenvalue weighted by Gasteiger charge is 2.29. The molecule has 1 aliphatic rings. The summed E-state index contributed by atoms with van der Waals surface area (Å²) in [6.07, 6.45) is 1.96. The van der Waals surface area contributed by atoms with Crippen LogP contribution in [0.3, 0.4) is 0 Å². The molecule has 2 aromatic rings. The van der Waals surface area contributed by atoms with E-state index in [1.54, 1.807) is 6.07 Å². The first-order valence-electron chi connectivity index (χ1n) is 8.36. The van der Waals surface area contributed by atoms with Crippen LogP contribution in [-0.4, -0.2) is 17.5 Å². The number of amides is 2. The van der Waals surface area contributed by atoms with Gasteiger partial charge in [0.15, 0.2) is 0 Å². The van der Waals surface area contributed by atoms with E-state index in [0.717, 1.165) is 29.7 Å². The van der Waals surface area contributed by atoms with E-state index in [-0.39, 0.29) is 17.7 Å². The molecule has 25 heavy (non-hydrogen) atoms. The summed E-state index contributed by atoms with van der Waals surface area (Å²) in [6.45, 7) is 3.72. The minimum atomic E-state index is -0.231. The van der Waals surface area contributed by atoms with Gasteiger partial charge in [0.1, 0.15) is 0 Å². The van der Waals surface area contributed by atoms with Gasteiger partial charge in [-0.3, -0.25) is 9.59 Å². The van der Waals surface area contributed by atoms with Gasteiger partial charge in [-0.05, 0) is 56.0 Å². The minimum Gasteiger partial charge on any atom is -0.326 e.